The summed E-state index contributed by atoms with van der Waals surface area (Å²) in [5, 5.41) is 5.89. The number of alkyl halides is 4. The molecule has 0 amide bonds. The molecular weight excluding hydrogens is 366 g/mol. The van der Waals surface area contributed by atoms with E-state index in [0.717, 1.165) is 7.05 Å². The number of sulfone groups is 1. The fraction of sp³-hybridized carbons (Fsp3) is 0.636. The molecule has 1 aromatic rings. The van der Waals surface area contributed by atoms with Gasteiger partial charge < -0.3 is 4.84 Å². The van der Waals surface area contributed by atoms with E-state index in [1.807, 2.05) is 0 Å². The summed E-state index contributed by atoms with van der Waals surface area (Å²) < 4.78 is 77.2. The quantitative estimate of drug-likeness (QED) is 0.598. The molecule has 1 aliphatic rings. The van der Waals surface area contributed by atoms with Gasteiger partial charge in [-0.25, -0.2) is 13.1 Å². The Bertz CT molecular complexity index is 759. The topological polar surface area (TPSA) is 73.5 Å². The zero-order chi connectivity index (χ0) is 17.6. The third kappa shape index (κ3) is 3.44. The van der Waals surface area contributed by atoms with Gasteiger partial charge in [0.05, 0.1) is 17.2 Å². The summed E-state index contributed by atoms with van der Waals surface area (Å²) in [6.07, 6.45) is -5.19. The zero-order valence-corrected chi connectivity index (χ0v) is 13.6. The van der Waals surface area contributed by atoms with Gasteiger partial charge >= 0.3 is 6.18 Å². The molecule has 1 aromatic heterocycles. The fourth-order valence-corrected chi connectivity index (χ4v) is 3.58. The van der Waals surface area contributed by atoms with Gasteiger partial charge in [0.15, 0.2) is 26.2 Å². The van der Waals surface area contributed by atoms with E-state index < -0.39 is 49.6 Å². The molecule has 2 rings (SSSR count). The van der Waals surface area contributed by atoms with Gasteiger partial charge in [0.25, 0.3) is 0 Å². The number of aromatic nitrogens is 2. The summed E-state index contributed by atoms with van der Waals surface area (Å²) in [7, 11) is -3.37. The maximum absolute atomic E-state index is 13.8. The molecule has 23 heavy (non-hydrogen) atoms. The third-order valence-corrected chi connectivity index (χ3v) is 5.38. The minimum Gasteiger partial charge on any atom is -0.387 e. The minimum atomic E-state index is -4.98. The van der Waals surface area contributed by atoms with Crippen LogP contribution in [-0.4, -0.2) is 34.7 Å². The Balaban J connectivity index is 2.36. The van der Waals surface area contributed by atoms with Crippen LogP contribution in [0.5, 0.6) is 0 Å². The standard InChI is InChI=1S/C11H12ClF4N3O3S/c1-10(5-12)3-7(18-22-10)23(20,21)4-6-8(11(14,15)16)17-19(2)9(6)13/h3-5H2,1-2H3. The second kappa shape index (κ2) is 5.62. The Hall–Kier alpha value is -1.36. The molecule has 0 aliphatic carbocycles. The van der Waals surface area contributed by atoms with Crippen molar-refractivity contribution in [2.45, 2.75) is 30.9 Å². The second-order valence-electron chi connectivity index (χ2n) is 5.34. The van der Waals surface area contributed by atoms with E-state index in [2.05, 4.69) is 10.3 Å². The van der Waals surface area contributed by atoms with Crippen LogP contribution in [0.25, 0.3) is 0 Å². The Kier molecular flexibility index (Phi) is 4.39. The molecule has 1 unspecified atom stereocenters. The SMILES string of the molecule is Cn1nc(C(F)(F)F)c(CS(=O)(=O)C2=NOC(C)(CCl)C2)c1F. The Labute approximate surface area is 134 Å². The first-order valence-electron chi connectivity index (χ1n) is 6.22. The largest absolute Gasteiger partial charge is 0.435 e. The Morgan fingerprint density at radius 1 is 1.43 bits per heavy atom. The van der Waals surface area contributed by atoms with Crippen LogP contribution in [0, 0.1) is 5.95 Å². The molecule has 0 spiro atoms. The third-order valence-electron chi connectivity index (χ3n) is 3.21. The van der Waals surface area contributed by atoms with Crippen LogP contribution in [0.15, 0.2) is 5.16 Å². The molecule has 0 saturated heterocycles. The highest BCUT2D eigenvalue weighted by molar-refractivity contribution is 8.05. The van der Waals surface area contributed by atoms with Crippen molar-refractivity contribution < 1.29 is 30.8 Å². The smallest absolute Gasteiger partial charge is 0.387 e. The zero-order valence-electron chi connectivity index (χ0n) is 12.0. The molecule has 0 saturated carbocycles. The molecule has 0 radical (unpaired) electrons. The summed E-state index contributed by atoms with van der Waals surface area (Å²) >= 11 is 5.62. The average molecular weight is 378 g/mol. The number of aryl methyl sites for hydroxylation is 1. The number of nitrogens with zero attached hydrogens (tertiary/aromatic N) is 3. The van der Waals surface area contributed by atoms with Gasteiger partial charge in [-0.15, -0.1) is 11.6 Å². The lowest BCUT2D eigenvalue weighted by atomic mass is 10.1. The van der Waals surface area contributed by atoms with Crippen LogP contribution in [0.4, 0.5) is 17.6 Å². The second-order valence-corrected chi connectivity index (χ2v) is 7.59. The maximum Gasteiger partial charge on any atom is 0.435 e. The van der Waals surface area contributed by atoms with E-state index in [1.54, 1.807) is 0 Å². The number of oxime groups is 1. The normalized spacial score (nSPS) is 22.1. The van der Waals surface area contributed by atoms with Crippen LogP contribution in [0.2, 0.25) is 0 Å². The highest BCUT2D eigenvalue weighted by atomic mass is 35.5. The molecule has 0 bridgehead atoms. The lowest BCUT2D eigenvalue weighted by molar-refractivity contribution is -0.141. The van der Waals surface area contributed by atoms with Crippen molar-refractivity contribution in [2.75, 3.05) is 5.88 Å². The summed E-state index contributed by atoms with van der Waals surface area (Å²) in [4.78, 5) is 4.90. The average Bonchev–Trinajstić information content (AvgIpc) is 2.95. The monoisotopic (exact) mass is 377 g/mol. The van der Waals surface area contributed by atoms with Crippen molar-refractivity contribution in [3.05, 3.63) is 17.2 Å². The predicted molar refractivity (Wildman–Crippen MR) is 73.1 cm³/mol. The number of halogens is 5. The highest BCUT2D eigenvalue weighted by Gasteiger charge is 2.43. The molecule has 2 heterocycles. The number of hydrogen-bond donors (Lipinski definition) is 0. The van der Waals surface area contributed by atoms with E-state index in [9.17, 15) is 26.0 Å². The Morgan fingerprint density at radius 3 is 2.52 bits per heavy atom. The van der Waals surface area contributed by atoms with E-state index in [1.165, 1.54) is 6.92 Å². The molecule has 0 aromatic carbocycles. The predicted octanol–water partition coefficient (Wildman–Crippen LogP) is 2.22. The van der Waals surface area contributed by atoms with Gasteiger partial charge in [-0.2, -0.15) is 22.7 Å². The van der Waals surface area contributed by atoms with E-state index >= 15 is 0 Å². The van der Waals surface area contributed by atoms with Crippen molar-refractivity contribution >= 4 is 26.5 Å². The summed E-state index contributed by atoms with van der Waals surface area (Å²) in [6, 6.07) is 0. The summed E-state index contributed by atoms with van der Waals surface area (Å²) in [5.41, 5.74) is -3.70. The van der Waals surface area contributed by atoms with E-state index in [-0.39, 0.29) is 12.3 Å². The van der Waals surface area contributed by atoms with Crippen molar-refractivity contribution in [2.24, 2.45) is 12.2 Å². The lowest BCUT2D eigenvalue weighted by Gasteiger charge is -2.16. The van der Waals surface area contributed by atoms with Crippen LogP contribution in [-0.2, 0) is 33.7 Å². The fourth-order valence-electron chi connectivity index (χ4n) is 1.96. The van der Waals surface area contributed by atoms with Crippen molar-refractivity contribution in [1.29, 1.82) is 0 Å². The van der Waals surface area contributed by atoms with Crippen LogP contribution in [0.1, 0.15) is 24.6 Å². The Morgan fingerprint density at radius 2 is 2.04 bits per heavy atom. The van der Waals surface area contributed by atoms with E-state index in [4.69, 9.17) is 16.4 Å². The molecule has 1 aliphatic heterocycles. The van der Waals surface area contributed by atoms with Gasteiger partial charge in [0.2, 0.25) is 5.95 Å². The molecule has 0 fully saturated rings. The molecular formula is C11H12ClF4N3O3S. The molecule has 1 atom stereocenters. The van der Waals surface area contributed by atoms with Crippen molar-refractivity contribution in [3.63, 3.8) is 0 Å². The summed E-state index contributed by atoms with van der Waals surface area (Å²) in [6.45, 7) is 1.50. The highest BCUT2D eigenvalue weighted by Crippen LogP contribution is 2.34. The van der Waals surface area contributed by atoms with E-state index in [0.29, 0.717) is 4.68 Å². The van der Waals surface area contributed by atoms with Crippen LogP contribution >= 0.6 is 11.6 Å². The summed E-state index contributed by atoms with van der Waals surface area (Å²) in [5.74, 6) is -2.66. The van der Waals surface area contributed by atoms with Gasteiger partial charge in [-0.05, 0) is 6.92 Å². The van der Waals surface area contributed by atoms with Crippen LogP contribution < -0.4 is 0 Å². The number of rotatable bonds is 3. The van der Waals surface area contributed by atoms with Crippen LogP contribution in [0.3, 0.4) is 0 Å². The van der Waals surface area contributed by atoms with Gasteiger partial charge in [0.1, 0.15) is 0 Å². The first-order chi connectivity index (χ1) is 10.4. The maximum atomic E-state index is 13.8. The van der Waals surface area contributed by atoms with Crippen molar-refractivity contribution in [1.82, 2.24) is 9.78 Å². The van der Waals surface area contributed by atoms with Crippen molar-refractivity contribution in [3.8, 4) is 0 Å². The first kappa shape index (κ1) is 18.0. The molecule has 130 valence electrons. The number of hydrogen-bond acceptors (Lipinski definition) is 5. The minimum absolute atomic E-state index is 0.0649. The molecule has 0 N–H and O–H groups in total. The van der Waals surface area contributed by atoms with Gasteiger partial charge in [-0.3, -0.25) is 0 Å². The van der Waals surface area contributed by atoms with Gasteiger partial charge in [0, 0.05) is 13.5 Å². The molecule has 6 nitrogen and oxygen atoms in total. The molecule has 12 heteroatoms. The van der Waals surface area contributed by atoms with Gasteiger partial charge in [-0.1, -0.05) is 5.16 Å². The lowest BCUT2D eigenvalue weighted by Crippen LogP contribution is -2.29. The first-order valence-corrected chi connectivity index (χ1v) is 8.41.